The minimum absolute atomic E-state index is 0.541. The van der Waals surface area contributed by atoms with Crippen LogP contribution in [0.5, 0.6) is 0 Å². The maximum atomic E-state index is 6.24. The molecule has 6 heteroatoms. The van der Waals surface area contributed by atoms with Crippen LogP contribution in [0.15, 0.2) is 168 Å². The fourth-order valence-corrected chi connectivity index (χ4v) is 7.69. The van der Waals surface area contributed by atoms with Gasteiger partial charge >= 0.3 is 0 Å². The van der Waals surface area contributed by atoms with Crippen molar-refractivity contribution in [1.29, 1.82) is 0 Å². The normalized spacial score (nSPS) is 11.8. The molecule has 6 nitrogen and oxygen atoms in total. The van der Waals surface area contributed by atoms with Gasteiger partial charge in [-0.15, -0.1) is 0 Å². The maximum absolute atomic E-state index is 6.24. The molecule has 0 saturated heterocycles. The zero-order valence-corrected chi connectivity index (χ0v) is 27.7. The molecular formula is C46H27N5O. The highest BCUT2D eigenvalue weighted by Crippen LogP contribution is 2.39. The summed E-state index contributed by atoms with van der Waals surface area (Å²) in [5.41, 5.74) is 8.39. The second kappa shape index (κ2) is 11.2. The maximum Gasteiger partial charge on any atom is 0.238 e. The molecule has 4 aromatic heterocycles. The molecule has 0 aliphatic carbocycles. The van der Waals surface area contributed by atoms with Crippen molar-refractivity contribution in [3.8, 4) is 39.9 Å². The van der Waals surface area contributed by atoms with E-state index in [2.05, 4.69) is 126 Å². The molecule has 242 valence electrons. The molecule has 11 rings (SSSR count). The van der Waals surface area contributed by atoms with Gasteiger partial charge in [0, 0.05) is 28.1 Å². The monoisotopic (exact) mass is 665 g/mol. The van der Waals surface area contributed by atoms with Crippen LogP contribution in [0.4, 0.5) is 0 Å². The summed E-state index contributed by atoms with van der Waals surface area (Å²) in [5, 5.41) is 7.82. The summed E-state index contributed by atoms with van der Waals surface area (Å²) in [4.78, 5) is 20.4. The first-order chi connectivity index (χ1) is 25.8. The number of aromatic nitrogens is 5. The van der Waals surface area contributed by atoms with Crippen LogP contribution in [0.3, 0.4) is 0 Å². The van der Waals surface area contributed by atoms with Gasteiger partial charge in [0.2, 0.25) is 5.95 Å². The molecule has 0 unspecified atom stereocenters. The largest absolute Gasteiger partial charge is 0.454 e. The van der Waals surface area contributed by atoms with E-state index in [9.17, 15) is 0 Å². The second-order valence-electron chi connectivity index (χ2n) is 13.1. The summed E-state index contributed by atoms with van der Waals surface area (Å²) in [5.74, 6) is 1.67. The Morgan fingerprint density at radius 1 is 0.442 bits per heavy atom. The number of rotatable bonds is 4. The lowest BCUT2D eigenvalue weighted by Gasteiger charge is -2.12. The minimum Gasteiger partial charge on any atom is -0.454 e. The summed E-state index contributed by atoms with van der Waals surface area (Å²) in [6, 6.07) is 54.6. The molecule has 0 fully saturated rings. The van der Waals surface area contributed by atoms with E-state index >= 15 is 0 Å². The number of para-hydroxylation sites is 1. The third kappa shape index (κ3) is 4.38. The summed E-state index contributed by atoms with van der Waals surface area (Å²) in [6.45, 7) is 0. The van der Waals surface area contributed by atoms with Gasteiger partial charge in [-0.3, -0.25) is 9.55 Å². The van der Waals surface area contributed by atoms with Gasteiger partial charge in [-0.25, -0.2) is 4.98 Å². The first-order valence-corrected chi connectivity index (χ1v) is 17.3. The Hall–Kier alpha value is -7.18. The summed E-state index contributed by atoms with van der Waals surface area (Å²) < 4.78 is 8.41. The Morgan fingerprint density at radius 3 is 2.08 bits per heavy atom. The predicted octanol–water partition coefficient (Wildman–Crippen LogP) is 11.6. The highest BCUT2D eigenvalue weighted by Gasteiger charge is 2.21. The molecule has 0 atom stereocenters. The van der Waals surface area contributed by atoms with Crippen LogP contribution in [-0.2, 0) is 0 Å². The first kappa shape index (κ1) is 28.6. The van der Waals surface area contributed by atoms with Crippen molar-refractivity contribution in [2.45, 2.75) is 0 Å². The van der Waals surface area contributed by atoms with Gasteiger partial charge in [-0.05, 0) is 75.1 Å². The molecule has 0 bridgehead atoms. The Labute approximate surface area is 297 Å². The second-order valence-corrected chi connectivity index (χ2v) is 13.1. The Morgan fingerprint density at radius 2 is 1.17 bits per heavy atom. The van der Waals surface area contributed by atoms with Crippen molar-refractivity contribution in [1.82, 2.24) is 24.5 Å². The summed E-state index contributed by atoms with van der Waals surface area (Å²) in [6.07, 6.45) is 1.79. The van der Waals surface area contributed by atoms with Crippen molar-refractivity contribution in [3.05, 3.63) is 164 Å². The van der Waals surface area contributed by atoms with Crippen molar-refractivity contribution in [2.24, 2.45) is 0 Å². The molecular weight excluding hydrogens is 639 g/mol. The van der Waals surface area contributed by atoms with Crippen LogP contribution in [0.2, 0.25) is 0 Å². The highest BCUT2D eigenvalue weighted by atomic mass is 16.3. The highest BCUT2D eigenvalue weighted by molar-refractivity contribution is 6.21. The van der Waals surface area contributed by atoms with E-state index in [1.54, 1.807) is 6.20 Å². The molecule has 0 radical (unpaired) electrons. The lowest BCUT2D eigenvalue weighted by atomic mass is 10.00. The van der Waals surface area contributed by atoms with E-state index in [1.807, 2.05) is 36.4 Å². The lowest BCUT2D eigenvalue weighted by molar-refractivity contribution is 0.668. The van der Waals surface area contributed by atoms with Gasteiger partial charge in [0.25, 0.3) is 0 Å². The number of hydrogen-bond acceptors (Lipinski definition) is 5. The Balaban J connectivity index is 1.19. The number of pyridine rings is 1. The molecule has 0 aliphatic heterocycles. The zero-order chi connectivity index (χ0) is 34.2. The van der Waals surface area contributed by atoms with E-state index < -0.39 is 0 Å². The molecule has 0 N–H and O–H groups in total. The van der Waals surface area contributed by atoms with Crippen molar-refractivity contribution in [3.63, 3.8) is 0 Å². The molecule has 0 amide bonds. The van der Waals surface area contributed by atoms with E-state index in [4.69, 9.17) is 24.4 Å². The molecule has 4 heterocycles. The molecule has 0 aliphatic rings. The van der Waals surface area contributed by atoms with E-state index in [-0.39, 0.29) is 0 Å². The van der Waals surface area contributed by atoms with Gasteiger partial charge in [0.1, 0.15) is 11.1 Å². The van der Waals surface area contributed by atoms with Gasteiger partial charge in [-0.1, -0.05) is 115 Å². The number of fused-ring (bicyclic) bond motifs is 9. The lowest BCUT2D eigenvalue weighted by Crippen LogP contribution is -2.06. The van der Waals surface area contributed by atoms with E-state index in [0.717, 1.165) is 60.4 Å². The van der Waals surface area contributed by atoms with Gasteiger partial charge in [0.05, 0.1) is 16.4 Å². The number of nitrogens with zero attached hydrogens (tertiary/aromatic N) is 5. The van der Waals surface area contributed by atoms with E-state index in [0.29, 0.717) is 17.6 Å². The first-order valence-electron chi connectivity index (χ1n) is 17.3. The molecule has 0 spiro atoms. The number of hydrogen-bond donors (Lipinski definition) is 0. The average molecular weight is 666 g/mol. The van der Waals surface area contributed by atoms with Crippen LogP contribution in [0, 0.1) is 0 Å². The Kier molecular flexibility index (Phi) is 6.15. The number of benzene rings is 7. The third-order valence-corrected chi connectivity index (χ3v) is 10.1. The van der Waals surface area contributed by atoms with Crippen LogP contribution in [0.25, 0.3) is 105 Å². The van der Waals surface area contributed by atoms with Crippen molar-refractivity contribution < 1.29 is 4.42 Å². The summed E-state index contributed by atoms with van der Waals surface area (Å²) in [7, 11) is 0. The van der Waals surface area contributed by atoms with Crippen molar-refractivity contribution >= 4 is 65.4 Å². The van der Waals surface area contributed by atoms with Gasteiger partial charge in [0.15, 0.2) is 17.2 Å². The smallest absolute Gasteiger partial charge is 0.238 e. The Bertz CT molecular complexity index is 3200. The number of furan rings is 1. The zero-order valence-electron chi connectivity index (χ0n) is 27.7. The van der Waals surface area contributed by atoms with Crippen molar-refractivity contribution in [2.75, 3.05) is 0 Å². The average Bonchev–Trinajstić information content (AvgIpc) is 3.77. The molecule has 0 saturated carbocycles. The third-order valence-electron chi connectivity index (χ3n) is 10.1. The quantitative estimate of drug-likeness (QED) is 0.187. The van der Waals surface area contributed by atoms with E-state index in [1.165, 1.54) is 27.3 Å². The minimum atomic E-state index is 0.541. The van der Waals surface area contributed by atoms with Crippen LogP contribution < -0.4 is 0 Å². The topological polar surface area (TPSA) is 69.6 Å². The van der Waals surface area contributed by atoms with Crippen LogP contribution >= 0.6 is 0 Å². The van der Waals surface area contributed by atoms with Crippen LogP contribution in [-0.4, -0.2) is 24.5 Å². The fourth-order valence-electron chi connectivity index (χ4n) is 7.69. The fraction of sp³-hybridized carbons (Fsp3) is 0. The van der Waals surface area contributed by atoms with Gasteiger partial charge in [-0.2, -0.15) is 9.97 Å². The molecule has 52 heavy (non-hydrogen) atoms. The SMILES string of the molecule is c1ccc(-c2ccc3cc(-c4nc(-c5cccc6oc7cccnc7c56)nc(-n5c6ccccc6c6c7ccccc7ccc65)n4)ccc3c2)cc1. The molecule has 11 aromatic rings. The standard InChI is InChI=1S/C46H27N5O/c1-2-10-28(11-3-1)30-19-20-32-27-33(22-21-31(32)26-30)44-48-45(36-15-8-17-39-42(36)43-40(52-39)18-9-25-47-43)50-46(49-44)51-37-16-7-6-14-35(37)41-34-13-5-4-12-29(34)23-24-38(41)51/h1-27H. The van der Waals surface area contributed by atoms with Crippen LogP contribution in [0.1, 0.15) is 0 Å². The predicted molar refractivity (Wildman–Crippen MR) is 211 cm³/mol. The summed E-state index contributed by atoms with van der Waals surface area (Å²) >= 11 is 0. The molecule has 7 aromatic carbocycles. The van der Waals surface area contributed by atoms with Gasteiger partial charge < -0.3 is 4.42 Å².